The second-order valence-electron chi connectivity index (χ2n) is 7.26. The Labute approximate surface area is 171 Å². The van der Waals surface area contributed by atoms with Crippen molar-refractivity contribution in [2.75, 3.05) is 47.9 Å². The van der Waals surface area contributed by atoms with Gasteiger partial charge in [-0.25, -0.2) is 8.42 Å². The van der Waals surface area contributed by atoms with Crippen LogP contribution in [0.3, 0.4) is 0 Å². The number of fused-ring (bicyclic) bond motifs is 1. The molecule has 0 aliphatic carbocycles. The fraction of sp³-hybridized carbons (Fsp3) is 0.333. The number of nitrogen functional groups attached to an aromatic ring is 1. The molecule has 0 radical (unpaired) electrons. The lowest BCUT2D eigenvalue weighted by Crippen LogP contribution is -2.36. The molecule has 8 heteroatoms. The molecule has 2 heterocycles. The average molecular weight is 415 g/mol. The van der Waals surface area contributed by atoms with Gasteiger partial charge in [0.25, 0.3) is 0 Å². The van der Waals surface area contributed by atoms with Crippen molar-refractivity contribution >= 4 is 38.0 Å². The Balaban J connectivity index is 1.76. The van der Waals surface area contributed by atoms with E-state index in [9.17, 15) is 8.42 Å². The number of nitrogens with one attached hydrogen (secondary N) is 1. The number of benzene rings is 2. The van der Waals surface area contributed by atoms with Crippen molar-refractivity contribution in [3.05, 3.63) is 42.5 Å². The summed E-state index contributed by atoms with van der Waals surface area (Å²) in [6.45, 7) is 6.11. The van der Waals surface area contributed by atoms with Gasteiger partial charge in [-0.2, -0.15) is 0 Å². The molecule has 0 bridgehead atoms. The zero-order valence-electron chi connectivity index (χ0n) is 16.7. The van der Waals surface area contributed by atoms with Crippen molar-refractivity contribution in [2.45, 2.75) is 13.5 Å². The van der Waals surface area contributed by atoms with E-state index in [-0.39, 0.29) is 0 Å². The third kappa shape index (κ3) is 3.90. The second-order valence-corrected chi connectivity index (χ2v) is 9.01. The summed E-state index contributed by atoms with van der Waals surface area (Å²) in [5.41, 5.74) is 12.0. The van der Waals surface area contributed by atoms with Crippen LogP contribution < -0.4 is 15.4 Å². The molecule has 3 aromatic rings. The monoisotopic (exact) mass is 414 g/mol. The molecule has 1 aliphatic heterocycles. The lowest BCUT2D eigenvalue weighted by molar-refractivity contribution is 0.122. The number of nitrogens with two attached hydrogens (primary N) is 1. The molecular weight excluding hydrogens is 388 g/mol. The second kappa shape index (κ2) is 7.61. The standard InChI is InChI=1S/C21H26N4O3S/c1-3-25-19-9-8-17(24-10-12-28-13-11-24)14-18(19)20(22)21(25)15-4-6-16(7-5-15)23-29(2,26)27/h4-9,14,23H,3,10-13,22H2,1-2H3. The predicted octanol–water partition coefficient (Wildman–Crippen LogP) is 3.12. The molecule has 1 aromatic heterocycles. The van der Waals surface area contributed by atoms with Gasteiger partial charge in [-0.15, -0.1) is 0 Å². The minimum Gasteiger partial charge on any atom is -0.396 e. The van der Waals surface area contributed by atoms with Crippen LogP contribution in [0.5, 0.6) is 0 Å². The van der Waals surface area contributed by atoms with Gasteiger partial charge in [0.15, 0.2) is 0 Å². The molecule has 1 saturated heterocycles. The van der Waals surface area contributed by atoms with E-state index in [1.54, 1.807) is 12.1 Å². The maximum atomic E-state index is 11.4. The smallest absolute Gasteiger partial charge is 0.229 e. The Bertz CT molecular complexity index is 1130. The number of hydrogen-bond donors (Lipinski definition) is 2. The Hall–Kier alpha value is -2.71. The molecule has 0 atom stereocenters. The maximum absolute atomic E-state index is 11.4. The van der Waals surface area contributed by atoms with Gasteiger partial charge in [0.1, 0.15) is 0 Å². The molecule has 4 rings (SSSR count). The number of anilines is 3. The third-order valence-corrected chi connectivity index (χ3v) is 5.85. The van der Waals surface area contributed by atoms with Gasteiger partial charge < -0.3 is 19.9 Å². The number of aromatic nitrogens is 1. The zero-order valence-corrected chi connectivity index (χ0v) is 17.5. The number of morpholine rings is 1. The first-order valence-corrected chi connectivity index (χ1v) is 11.6. The third-order valence-electron chi connectivity index (χ3n) is 5.24. The van der Waals surface area contributed by atoms with E-state index in [4.69, 9.17) is 10.5 Å². The van der Waals surface area contributed by atoms with Gasteiger partial charge >= 0.3 is 0 Å². The van der Waals surface area contributed by atoms with E-state index < -0.39 is 10.0 Å². The van der Waals surface area contributed by atoms with Crippen LogP contribution >= 0.6 is 0 Å². The number of ether oxygens (including phenoxy) is 1. The van der Waals surface area contributed by atoms with Crippen LogP contribution in [0.4, 0.5) is 17.1 Å². The van der Waals surface area contributed by atoms with Crippen LogP contribution in [-0.2, 0) is 21.3 Å². The average Bonchev–Trinajstić information content (AvgIpc) is 2.99. The highest BCUT2D eigenvalue weighted by Crippen LogP contribution is 2.38. The molecule has 29 heavy (non-hydrogen) atoms. The molecule has 7 nitrogen and oxygen atoms in total. The van der Waals surface area contributed by atoms with Gasteiger partial charge in [-0.3, -0.25) is 4.72 Å². The molecular formula is C21H26N4O3S. The fourth-order valence-electron chi connectivity index (χ4n) is 3.94. The normalized spacial score (nSPS) is 15.0. The lowest BCUT2D eigenvalue weighted by atomic mass is 10.1. The summed E-state index contributed by atoms with van der Waals surface area (Å²) in [4.78, 5) is 2.32. The van der Waals surface area contributed by atoms with Crippen molar-refractivity contribution in [3.63, 3.8) is 0 Å². The molecule has 1 aliphatic rings. The topological polar surface area (TPSA) is 89.6 Å². The predicted molar refractivity (Wildman–Crippen MR) is 119 cm³/mol. The summed E-state index contributed by atoms with van der Waals surface area (Å²) >= 11 is 0. The molecule has 2 aromatic carbocycles. The Kier molecular flexibility index (Phi) is 5.14. The fourth-order valence-corrected chi connectivity index (χ4v) is 4.50. The highest BCUT2D eigenvalue weighted by molar-refractivity contribution is 7.92. The van der Waals surface area contributed by atoms with E-state index in [1.807, 2.05) is 12.1 Å². The number of nitrogens with zero attached hydrogens (tertiary/aromatic N) is 2. The van der Waals surface area contributed by atoms with E-state index in [1.165, 1.54) is 0 Å². The first-order chi connectivity index (χ1) is 13.9. The minimum absolute atomic E-state index is 0.531. The van der Waals surface area contributed by atoms with E-state index >= 15 is 0 Å². The number of sulfonamides is 1. The Morgan fingerprint density at radius 3 is 2.41 bits per heavy atom. The summed E-state index contributed by atoms with van der Waals surface area (Å²) in [6.07, 6.45) is 1.14. The van der Waals surface area contributed by atoms with E-state index in [2.05, 4.69) is 39.3 Å². The number of hydrogen-bond acceptors (Lipinski definition) is 5. The highest BCUT2D eigenvalue weighted by Gasteiger charge is 2.18. The first kappa shape index (κ1) is 19.6. The highest BCUT2D eigenvalue weighted by atomic mass is 32.2. The molecule has 0 saturated carbocycles. The van der Waals surface area contributed by atoms with Crippen molar-refractivity contribution < 1.29 is 13.2 Å². The summed E-state index contributed by atoms with van der Waals surface area (Å²) in [6, 6.07) is 13.7. The molecule has 3 N–H and O–H groups in total. The lowest BCUT2D eigenvalue weighted by Gasteiger charge is -2.28. The van der Waals surface area contributed by atoms with Gasteiger partial charge in [0, 0.05) is 42.0 Å². The zero-order chi connectivity index (χ0) is 20.6. The summed E-state index contributed by atoms with van der Waals surface area (Å²) in [5, 5.41) is 1.03. The quantitative estimate of drug-likeness (QED) is 0.670. The van der Waals surface area contributed by atoms with Gasteiger partial charge in [0.05, 0.1) is 36.4 Å². The van der Waals surface area contributed by atoms with Gasteiger partial charge in [-0.05, 0) is 37.3 Å². The molecule has 0 amide bonds. The summed E-state index contributed by atoms with van der Waals surface area (Å²) in [7, 11) is -3.31. The van der Waals surface area contributed by atoms with E-state index in [0.29, 0.717) is 5.69 Å². The SMILES string of the molecule is CCn1c(-c2ccc(NS(C)(=O)=O)cc2)c(N)c2cc(N3CCOCC3)ccc21. The van der Waals surface area contributed by atoms with Crippen LogP contribution in [0.25, 0.3) is 22.2 Å². The molecule has 1 fully saturated rings. The van der Waals surface area contributed by atoms with Crippen molar-refractivity contribution in [1.82, 2.24) is 4.57 Å². The van der Waals surface area contributed by atoms with Crippen LogP contribution in [0.2, 0.25) is 0 Å². The molecule has 0 unspecified atom stereocenters. The summed E-state index contributed by atoms with van der Waals surface area (Å²) in [5.74, 6) is 0. The van der Waals surface area contributed by atoms with Crippen LogP contribution in [0.1, 0.15) is 6.92 Å². The first-order valence-electron chi connectivity index (χ1n) is 9.70. The number of aryl methyl sites for hydroxylation is 1. The van der Waals surface area contributed by atoms with Crippen molar-refractivity contribution in [3.8, 4) is 11.3 Å². The molecule has 154 valence electrons. The Morgan fingerprint density at radius 2 is 1.79 bits per heavy atom. The minimum atomic E-state index is -3.31. The van der Waals surface area contributed by atoms with Gasteiger partial charge in [0.2, 0.25) is 10.0 Å². The van der Waals surface area contributed by atoms with Gasteiger partial charge in [-0.1, -0.05) is 12.1 Å². The molecule has 0 spiro atoms. The maximum Gasteiger partial charge on any atom is 0.229 e. The Morgan fingerprint density at radius 1 is 1.10 bits per heavy atom. The largest absolute Gasteiger partial charge is 0.396 e. The van der Waals surface area contributed by atoms with E-state index in [0.717, 1.165) is 72.6 Å². The summed E-state index contributed by atoms with van der Waals surface area (Å²) < 4.78 is 33.0. The van der Waals surface area contributed by atoms with Crippen LogP contribution in [0.15, 0.2) is 42.5 Å². The van der Waals surface area contributed by atoms with Crippen molar-refractivity contribution in [1.29, 1.82) is 0 Å². The van der Waals surface area contributed by atoms with Crippen LogP contribution in [-0.4, -0.2) is 45.5 Å². The van der Waals surface area contributed by atoms with Crippen molar-refractivity contribution in [2.24, 2.45) is 0 Å². The number of rotatable bonds is 5. The van der Waals surface area contributed by atoms with Crippen LogP contribution in [0, 0.1) is 0 Å².